The minimum Gasteiger partial charge on any atom is -0.339 e. The molecule has 1 aliphatic heterocycles. The number of nitrogens with zero attached hydrogens (tertiary/aromatic N) is 4. The Hall–Kier alpha value is -1.66. The highest BCUT2D eigenvalue weighted by Gasteiger charge is 2.27. The topological polar surface area (TPSA) is 41.4 Å². The van der Waals surface area contributed by atoms with Gasteiger partial charge in [0.2, 0.25) is 0 Å². The molecular weight excluding hydrogens is 404 g/mol. The van der Waals surface area contributed by atoms with Gasteiger partial charge in [0, 0.05) is 35.9 Å². The Morgan fingerprint density at radius 2 is 1.96 bits per heavy atom. The highest BCUT2D eigenvalue weighted by molar-refractivity contribution is 9.10. The molecule has 2 heterocycles. The second-order valence-electron chi connectivity index (χ2n) is 7.65. The van der Waals surface area contributed by atoms with Gasteiger partial charge in [0.1, 0.15) is 0 Å². The summed E-state index contributed by atoms with van der Waals surface area (Å²) in [6.07, 6.45) is 6.79. The molecule has 2 aromatic rings. The SMILES string of the molecule is CN(CCN1CCCC1)C(=O)c1nn(-c2cccc(Br)c2)c2c1CCCC2. The van der Waals surface area contributed by atoms with Crippen LogP contribution in [0.3, 0.4) is 0 Å². The van der Waals surface area contributed by atoms with Gasteiger partial charge >= 0.3 is 0 Å². The Morgan fingerprint density at radius 3 is 2.74 bits per heavy atom. The molecule has 27 heavy (non-hydrogen) atoms. The highest BCUT2D eigenvalue weighted by atomic mass is 79.9. The summed E-state index contributed by atoms with van der Waals surface area (Å²) in [6.45, 7) is 4.04. The predicted octanol–water partition coefficient (Wildman–Crippen LogP) is 3.68. The van der Waals surface area contributed by atoms with E-state index >= 15 is 0 Å². The van der Waals surface area contributed by atoms with Gasteiger partial charge in [0.25, 0.3) is 5.91 Å². The molecule has 5 nitrogen and oxygen atoms in total. The van der Waals surface area contributed by atoms with Crippen molar-refractivity contribution in [1.29, 1.82) is 0 Å². The van der Waals surface area contributed by atoms with E-state index in [0.717, 1.165) is 67.6 Å². The fourth-order valence-corrected chi connectivity index (χ4v) is 4.56. The molecule has 1 aromatic heterocycles. The van der Waals surface area contributed by atoms with Crippen molar-refractivity contribution >= 4 is 21.8 Å². The maximum Gasteiger partial charge on any atom is 0.274 e. The molecule has 1 fully saturated rings. The van der Waals surface area contributed by atoms with Crippen molar-refractivity contribution in [2.45, 2.75) is 38.5 Å². The molecule has 4 rings (SSSR count). The van der Waals surface area contributed by atoms with E-state index in [2.05, 4.69) is 33.0 Å². The van der Waals surface area contributed by atoms with Crippen LogP contribution in [0.1, 0.15) is 47.4 Å². The minimum atomic E-state index is 0.0566. The molecule has 0 spiro atoms. The third-order valence-electron chi connectivity index (χ3n) is 5.73. The lowest BCUT2D eigenvalue weighted by molar-refractivity contribution is 0.0775. The van der Waals surface area contributed by atoms with Crippen molar-refractivity contribution in [3.63, 3.8) is 0 Å². The van der Waals surface area contributed by atoms with Crippen LogP contribution in [0, 0.1) is 0 Å². The van der Waals surface area contributed by atoms with Crippen molar-refractivity contribution in [3.8, 4) is 5.69 Å². The average molecular weight is 431 g/mol. The predicted molar refractivity (Wildman–Crippen MR) is 111 cm³/mol. The van der Waals surface area contributed by atoms with Crippen LogP contribution in [0.2, 0.25) is 0 Å². The monoisotopic (exact) mass is 430 g/mol. The maximum absolute atomic E-state index is 13.2. The zero-order valence-corrected chi connectivity index (χ0v) is 17.5. The molecule has 0 atom stereocenters. The number of carbonyl (C=O) groups excluding carboxylic acids is 1. The number of benzene rings is 1. The van der Waals surface area contributed by atoms with Gasteiger partial charge in [-0.25, -0.2) is 4.68 Å². The molecule has 0 bridgehead atoms. The molecule has 1 aliphatic carbocycles. The van der Waals surface area contributed by atoms with Gasteiger partial charge in [-0.3, -0.25) is 4.79 Å². The van der Waals surface area contributed by atoms with Crippen LogP contribution >= 0.6 is 15.9 Å². The molecule has 6 heteroatoms. The first-order valence-electron chi connectivity index (χ1n) is 9.98. The summed E-state index contributed by atoms with van der Waals surface area (Å²) in [5, 5.41) is 4.79. The second kappa shape index (κ2) is 8.15. The van der Waals surface area contributed by atoms with Crippen molar-refractivity contribution in [2.24, 2.45) is 0 Å². The van der Waals surface area contributed by atoms with E-state index in [1.54, 1.807) is 0 Å². The van der Waals surface area contributed by atoms with Gasteiger partial charge in [0.05, 0.1) is 5.69 Å². The first kappa shape index (κ1) is 18.7. The summed E-state index contributed by atoms with van der Waals surface area (Å²) in [5.41, 5.74) is 4.02. The number of likely N-dealkylation sites (N-methyl/N-ethyl adjacent to an activating group) is 1. The fourth-order valence-electron chi connectivity index (χ4n) is 4.17. The summed E-state index contributed by atoms with van der Waals surface area (Å²) >= 11 is 3.55. The van der Waals surface area contributed by atoms with Crippen molar-refractivity contribution in [2.75, 3.05) is 33.2 Å². The van der Waals surface area contributed by atoms with Gasteiger partial charge in [0.15, 0.2) is 5.69 Å². The Balaban J connectivity index is 1.59. The lowest BCUT2D eigenvalue weighted by Crippen LogP contribution is -2.35. The Labute approximate surface area is 169 Å². The molecule has 1 saturated heterocycles. The van der Waals surface area contributed by atoms with Gasteiger partial charge in [-0.2, -0.15) is 5.10 Å². The number of likely N-dealkylation sites (tertiary alicyclic amines) is 1. The summed E-state index contributed by atoms with van der Waals surface area (Å²) in [5.74, 6) is 0.0566. The number of fused-ring (bicyclic) bond motifs is 1. The Kier molecular flexibility index (Phi) is 5.64. The van der Waals surface area contributed by atoms with Crippen LogP contribution in [0.5, 0.6) is 0 Å². The smallest absolute Gasteiger partial charge is 0.274 e. The molecule has 1 aromatic carbocycles. The van der Waals surface area contributed by atoms with Gasteiger partial charge in [-0.05, 0) is 69.8 Å². The maximum atomic E-state index is 13.2. The summed E-state index contributed by atoms with van der Waals surface area (Å²) in [6, 6.07) is 8.14. The van der Waals surface area contributed by atoms with Crippen molar-refractivity contribution < 1.29 is 4.79 Å². The lowest BCUT2D eigenvalue weighted by Gasteiger charge is -2.21. The fraction of sp³-hybridized carbons (Fsp3) is 0.524. The lowest BCUT2D eigenvalue weighted by atomic mass is 9.95. The molecule has 0 unspecified atom stereocenters. The normalized spacial score (nSPS) is 17.1. The first-order valence-corrected chi connectivity index (χ1v) is 10.8. The van der Waals surface area contributed by atoms with Gasteiger partial charge in [-0.1, -0.05) is 22.0 Å². The van der Waals surface area contributed by atoms with E-state index in [-0.39, 0.29) is 5.91 Å². The average Bonchev–Trinajstić information content (AvgIpc) is 3.33. The molecule has 2 aliphatic rings. The standard InChI is InChI=1S/C21H27BrN4O/c1-24(13-14-25-11-4-5-12-25)21(27)20-18-9-2-3-10-19(18)26(23-20)17-8-6-7-16(22)15-17/h6-8,15H,2-5,9-14H2,1H3. The molecule has 0 saturated carbocycles. The largest absolute Gasteiger partial charge is 0.339 e. The van der Waals surface area contributed by atoms with E-state index in [9.17, 15) is 4.79 Å². The summed E-state index contributed by atoms with van der Waals surface area (Å²) in [4.78, 5) is 17.4. The van der Waals surface area contributed by atoms with Crippen LogP contribution in [0.4, 0.5) is 0 Å². The number of hydrogen-bond acceptors (Lipinski definition) is 3. The molecular formula is C21H27BrN4O. The molecule has 0 radical (unpaired) electrons. The van der Waals surface area contributed by atoms with Crippen LogP contribution < -0.4 is 0 Å². The van der Waals surface area contributed by atoms with E-state index in [1.165, 1.54) is 18.5 Å². The van der Waals surface area contributed by atoms with E-state index < -0.39 is 0 Å². The molecule has 144 valence electrons. The third kappa shape index (κ3) is 3.97. The third-order valence-corrected chi connectivity index (χ3v) is 6.23. The summed E-state index contributed by atoms with van der Waals surface area (Å²) < 4.78 is 3.01. The van der Waals surface area contributed by atoms with Gasteiger partial charge in [-0.15, -0.1) is 0 Å². The van der Waals surface area contributed by atoms with Crippen LogP contribution in [0.25, 0.3) is 5.69 Å². The van der Waals surface area contributed by atoms with Gasteiger partial charge < -0.3 is 9.80 Å². The number of aromatic nitrogens is 2. The van der Waals surface area contributed by atoms with Crippen LogP contribution in [0.15, 0.2) is 28.7 Å². The summed E-state index contributed by atoms with van der Waals surface area (Å²) in [7, 11) is 1.91. The van der Waals surface area contributed by atoms with E-state index in [4.69, 9.17) is 5.10 Å². The Morgan fingerprint density at radius 1 is 1.19 bits per heavy atom. The number of carbonyl (C=O) groups is 1. The number of rotatable bonds is 5. The highest BCUT2D eigenvalue weighted by Crippen LogP contribution is 2.28. The Bertz CT molecular complexity index is 826. The van der Waals surface area contributed by atoms with E-state index in [1.807, 2.05) is 28.8 Å². The van der Waals surface area contributed by atoms with Crippen molar-refractivity contribution in [3.05, 3.63) is 45.7 Å². The second-order valence-corrected chi connectivity index (χ2v) is 8.56. The molecule has 0 N–H and O–H groups in total. The van der Waals surface area contributed by atoms with E-state index in [0.29, 0.717) is 5.69 Å². The number of hydrogen-bond donors (Lipinski definition) is 0. The zero-order chi connectivity index (χ0) is 18.8. The quantitative estimate of drug-likeness (QED) is 0.726. The van der Waals surface area contributed by atoms with Crippen LogP contribution in [-0.4, -0.2) is 58.7 Å². The minimum absolute atomic E-state index is 0.0566. The number of halogens is 1. The van der Waals surface area contributed by atoms with Crippen molar-refractivity contribution in [1.82, 2.24) is 19.6 Å². The van der Waals surface area contributed by atoms with Crippen LogP contribution in [-0.2, 0) is 12.8 Å². The first-order chi connectivity index (χ1) is 13.1. The number of amides is 1. The molecule has 1 amide bonds. The zero-order valence-electron chi connectivity index (χ0n) is 16.0.